The highest BCUT2D eigenvalue weighted by molar-refractivity contribution is 6.05. The van der Waals surface area contributed by atoms with Crippen molar-refractivity contribution >= 4 is 28.9 Å². The highest BCUT2D eigenvalue weighted by Gasteiger charge is 2.23. The summed E-state index contributed by atoms with van der Waals surface area (Å²) < 4.78 is 5.38. The molecule has 2 N–H and O–H groups in total. The molecule has 1 aliphatic heterocycles. The van der Waals surface area contributed by atoms with Gasteiger partial charge in [-0.15, -0.1) is 0 Å². The number of hydrogen-bond acceptors (Lipinski definition) is 4. The summed E-state index contributed by atoms with van der Waals surface area (Å²) in [5.41, 5.74) is 4.15. The van der Waals surface area contributed by atoms with Gasteiger partial charge in [-0.25, -0.2) is 0 Å². The lowest BCUT2D eigenvalue weighted by Crippen LogP contribution is -2.26. The van der Waals surface area contributed by atoms with Crippen LogP contribution >= 0.6 is 0 Å². The second-order valence-electron chi connectivity index (χ2n) is 7.19. The molecule has 0 saturated carbocycles. The van der Waals surface area contributed by atoms with E-state index in [1.165, 1.54) is 0 Å². The number of benzene rings is 2. The van der Waals surface area contributed by atoms with Crippen LogP contribution in [0, 0.1) is 6.92 Å². The molecule has 1 aliphatic rings. The van der Waals surface area contributed by atoms with Crippen LogP contribution in [0.3, 0.4) is 0 Å². The minimum absolute atomic E-state index is 0.136. The van der Waals surface area contributed by atoms with Crippen molar-refractivity contribution in [1.29, 1.82) is 0 Å². The van der Waals surface area contributed by atoms with Crippen molar-refractivity contribution in [2.45, 2.75) is 39.7 Å². The largest absolute Gasteiger partial charge is 0.372 e. The summed E-state index contributed by atoms with van der Waals surface area (Å²) in [4.78, 5) is 27.0. The van der Waals surface area contributed by atoms with E-state index in [2.05, 4.69) is 35.4 Å². The zero-order valence-corrected chi connectivity index (χ0v) is 17.3. The summed E-state index contributed by atoms with van der Waals surface area (Å²) in [5, 5.41) is 5.81. The standard InChI is InChI=1S/C23H29N3O3/c1-4-26(5-2)19-12-13-20(16(3)15-19)25-22(27)17-8-10-18(11-9-17)24-23(28)21-7-6-14-29-21/h8-13,15,21H,4-7,14H2,1-3H3,(H,24,28)(H,25,27)/t21-/m1/s1. The van der Waals surface area contributed by atoms with Gasteiger partial charge in [0.1, 0.15) is 6.10 Å². The lowest BCUT2D eigenvalue weighted by molar-refractivity contribution is -0.124. The van der Waals surface area contributed by atoms with Crippen molar-refractivity contribution in [3.8, 4) is 0 Å². The Bertz CT molecular complexity index is 854. The van der Waals surface area contributed by atoms with Crippen molar-refractivity contribution in [1.82, 2.24) is 0 Å². The summed E-state index contributed by atoms with van der Waals surface area (Å²) in [6, 6.07) is 12.9. The molecule has 0 radical (unpaired) electrons. The van der Waals surface area contributed by atoms with Crippen LogP contribution in [0.25, 0.3) is 0 Å². The summed E-state index contributed by atoms with van der Waals surface area (Å²) in [7, 11) is 0. The Morgan fingerprint density at radius 3 is 2.38 bits per heavy atom. The van der Waals surface area contributed by atoms with E-state index in [1.54, 1.807) is 24.3 Å². The van der Waals surface area contributed by atoms with Gasteiger partial charge in [0.25, 0.3) is 11.8 Å². The fraction of sp³-hybridized carbons (Fsp3) is 0.391. The van der Waals surface area contributed by atoms with Gasteiger partial charge in [-0.1, -0.05) is 0 Å². The molecule has 1 fully saturated rings. The van der Waals surface area contributed by atoms with E-state index in [4.69, 9.17) is 4.74 Å². The first kappa shape index (κ1) is 20.9. The van der Waals surface area contributed by atoms with Crippen LogP contribution in [0.5, 0.6) is 0 Å². The molecule has 2 amide bonds. The van der Waals surface area contributed by atoms with Gasteiger partial charge in [0.2, 0.25) is 0 Å². The number of carbonyl (C=O) groups is 2. The third-order valence-electron chi connectivity index (χ3n) is 5.22. The first-order valence-corrected chi connectivity index (χ1v) is 10.2. The monoisotopic (exact) mass is 395 g/mol. The van der Waals surface area contributed by atoms with Gasteiger partial charge in [0.05, 0.1) is 0 Å². The number of carbonyl (C=O) groups excluding carboxylic acids is 2. The van der Waals surface area contributed by atoms with Crippen LogP contribution < -0.4 is 15.5 Å². The number of anilines is 3. The maximum atomic E-state index is 12.6. The fourth-order valence-corrected chi connectivity index (χ4v) is 3.48. The number of rotatable bonds is 7. The smallest absolute Gasteiger partial charge is 0.255 e. The van der Waals surface area contributed by atoms with E-state index in [0.717, 1.165) is 42.9 Å². The Kier molecular flexibility index (Phi) is 6.88. The zero-order valence-electron chi connectivity index (χ0n) is 17.3. The molecule has 0 spiro atoms. The molecule has 1 atom stereocenters. The van der Waals surface area contributed by atoms with Crippen LogP contribution in [0.2, 0.25) is 0 Å². The van der Waals surface area contributed by atoms with Gasteiger partial charge in [0.15, 0.2) is 0 Å². The number of aryl methyl sites for hydroxylation is 1. The quantitative estimate of drug-likeness (QED) is 0.737. The van der Waals surface area contributed by atoms with Gasteiger partial charge < -0.3 is 20.3 Å². The predicted molar refractivity (Wildman–Crippen MR) is 117 cm³/mol. The second-order valence-corrected chi connectivity index (χ2v) is 7.19. The molecule has 6 heteroatoms. The molecule has 2 aromatic carbocycles. The number of nitrogens with one attached hydrogen (secondary N) is 2. The van der Waals surface area contributed by atoms with E-state index >= 15 is 0 Å². The Morgan fingerprint density at radius 2 is 1.79 bits per heavy atom. The first-order chi connectivity index (χ1) is 14.0. The number of ether oxygens (including phenoxy) is 1. The van der Waals surface area contributed by atoms with Gasteiger partial charge >= 0.3 is 0 Å². The summed E-state index contributed by atoms with van der Waals surface area (Å²) in [6.07, 6.45) is 1.28. The first-order valence-electron chi connectivity index (χ1n) is 10.2. The van der Waals surface area contributed by atoms with E-state index in [1.807, 2.05) is 19.1 Å². The van der Waals surface area contributed by atoms with Crippen LogP contribution in [0.4, 0.5) is 17.1 Å². The molecule has 2 aromatic rings. The lowest BCUT2D eigenvalue weighted by atomic mass is 10.1. The Hall–Kier alpha value is -2.86. The highest BCUT2D eigenvalue weighted by Crippen LogP contribution is 2.23. The summed E-state index contributed by atoms with van der Waals surface area (Å²) in [6.45, 7) is 8.76. The normalized spacial score (nSPS) is 15.8. The van der Waals surface area contributed by atoms with Crippen LogP contribution in [-0.2, 0) is 9.53 Å². The molecule has 6 nitrogen and oxygen atoms in total. The van der Waals surface area contributed by atoms with Gasteiger partial charge in [-0.05, 0) is 81.6 Å². The van der Waals surface area contributed by atoms with Crippen LogP contribution in [0.15, 0.2) is 42.5 Å². The number of amides is 2. The fourth-order valence-electron chi connectivity index (χ4n) is 3.48. The van der Waals surface area contributed by atoms with E-state index in [0.29, 0.717) is 17.9 Å². The minimum atomic E-state index is -0.375. The molecule has 1 heterocycles. The number of nitrogens with zero attached hydrogens (tertiary/aromatic N) is 1. The van der Waals surface area contributed by atoms with Crippen molar-refractivity contribution in [2.75, 3.05) is 35.2 Å². The average molecular weight is 396 g/mol. The van der Waals surface area contributed by atoms with Gasteiger partial charge in [-0.3, -0.25) is 9.59 Å². The molecular weight excluding hydrogens is 366 g/mol. The van der Waals surface area contributed by atoms with Crippen molar-refractivity contribution in [3.05, 3.63) is 53.6 Å². The van der Waals surface area contributed by atoms with Crippen LogP contribution in [0.1, 0.15) is 42.6 Å². The predicted octanol–water partition coefficient (Wildman–Crippen LogP) is 4.21. The molecule has 0 aliphatic carbocycles. The van der Waals surface area contributed by atoms with Gasteiger partial charge in [-0.2, -0.15) is 0 Å². The van der Waals surface area contributed by atoms with Crippen LogP contribution in [-0.4, -0.2) is 37.6 Å². The zero-order chi connectivity index (χ0) is 20.8. The molecule has 1 saturated heterocycles. The van der Waals surface area contributed by atoms with E-state index < -0.39 is 0 Å². The molecule has 0 aromatic heterocycles. The van der Waals surface area contributed by atoms with E-state index in [-0.39, 0.29) is 17.9 Å². The molecule has 0 unspecified atom stereocenters. The van der Waals surface area contributed by atoms with E-state index in [9.17, 15) is 9.59 Å². The summed E-state index contributed by atoms with van der Waals surface area (Å²) >= 11 is 0. The molecule has 154 valence electrons. The molecule has 0 bridgehead atoms. The van der Waals surface area contributed by atoms with Crippen molar-refractivity contribution in [3.63, 3.8) is 0 Å². The lowest BCUT2D eigenvalue weighted by Gasteiger charge is -2.22. The maximum absolute atomic E-state index is 12.6. The van der Waals surface area contributed by atoms with Gasteiger partial charge in [0, 0.05) is 42.3 Å². The third-order valence-corrected chi connectivity index (χ3v) is 5.22. The second kappa shape index (κ2) is 9.56. The average Bonchev–Trinajstić information content (AvgIpc) is 3.26. The SMILES string of the molecule is CCN(CC)c1ccc(NC(=O)c2ccc(NC(=O)[C@H]3CCCO3)cc2)c(C)c1. The minimum Gasteiger partial charge on any atom is -0.372 e. The summed E-state index contributed by atoms with van der Waals surface area (Å²) in [5.74, 6) is -0.315. The maximum Gasteiger partial charge on any atom is 0.255 e. The Morgan fingerprint density at radius 1 is 1.07 bits per heavy atom. The molecular formula is C23H29N3O3. The van der Waals surface area contributed by atoms with Crippen molar-refractivity contribution < 1.29 is 14.3 Å². The Balaban J connectivity index is 1.62. The third kappa shape index (κ3) is 5.15. The topological polar surface area (TPSA) is 70.7 Å². The number of hydrogen-bond donors (Lipinski definition) is 2. The highest BCUT2D eigenvalue weighted by atomic mass is 16.5. The molecule has 29 heavy (non-hydrogen) atoms. The Labute approximate surface area is 172 Å². The van der Waals surface area contributed by atoms with Crippen molar-refractivity contribution in [2.24, 2.45) is 0 Å². The molecule has 3 rings (SSSR count).